The summed E-state index contributed by atoms with van der Waals surface area (Å²) in [4.78, 5) is 14.5. The van der Waals surface area contributed by atoms with E-state index in [1.807, 2.05) is 21.8 Å². The molecule has 2 aliphatic heterocycles. The quantitative estimate of drug-likeness (QED) is 0.783. The number of fused-ring (bicyclic) bond motifs is 1. The molecular weight excluding hydrogens is 342 g/mol. The monoisotopic (exact) mass is 369 g/mol. The summed E-state index contributed by atoms with van der Waals surface area (Å²) in [6.07, 6.45) is 7.42. The topological polar surface area (TPSA) is 56.6 Å². The van der Waals surface area contributed by atoms with Gasteiger partial charge in [-0.1, -0.05) is 19.9 Å². The van der Waals surface area contributed by atoms with E-state index in [-0.39, 0.29) is 11.3 Å². The molecule has 1 aromatic heterocycles. The molecule has 1 saturated heterocycles. The third-order valence-electron chi connectivity index (χ3n) is 5.45. The van der Waals surface area contributed by atoms with Crippen molar-refractivity contribution in [3.8, 4) is 11.5 Å². The highest BCUT2D eigenvalue weighted by molar-refractivity contribution is 5.77. The summed E-state index contributed by atoms with van der Waals surface area (Å²) in [5.74, 6) is 1.87. The molecule has 0 spiro atoms. The van der Waals surface area contributed by atoms with Gasteiger partial charge in [0.15, 0.2) is 11.5 Å². The minimum atomic E-state index is 0.0566. The molecule has 1 amide bonds. The number of ether oxygens (including phenoxy) is 2. The SMILES string of the molecule is CCCn1cc(CN2C[C@](C)(Cc3ccc4c(c3)OCO4)CCC2=O)cn1. The van der Waals surface area contributed by atoms with E-state index in [1.54, 1.807) is 0 Å². The van der Waals surface area contributed by atoms with Crippen molar-refractivity contribution in [1.29, 1.82) is 0 Å². The Morgan fingerprint density at radius 1 is 1.22 bits per heavy atom. The molecule has 2 aliphatic rings. The Bertz CT molecular complexity index is 832. The molecule has 0 unspecified atom stereocenters. The molecular formula is C21H27N3O3. The molecule has 1 fully saturated rings. The summed E-state index contributed by atoms with van der Waals surface area (Å²) in [7, 11) is 0. The molecule has 6 nitrogen and oxygen atoms in total. The zero-order valence-corrected chi connectivity index (χ0v) is 16.1. The van der Waals surface area contributed by atoms with Crippen LogP contribution in [-0.4, -0.2) is 33.9 Å². The average molecular weight is 369 g/mol. The van der Waals surface area contributed by atoms with E-state index in [4.69, 9.17) is 9.47 Å². The lowest BCUT2D eigenvalue weighted by atomic mass is 9.76. The van der Waals surface area contributed by atoms with Gasteiger partial charge in [-0.05, 0) is 42.4 Å². The number of benzene rings is 1. The molecule has 0 radical (unpaired) electrons. The Morgan fingerprint density at radius 2 is 2.07 bits per heavy atom. The molecule has 0 bridgehead atoms. The lowest BCUT2D eigenvalue weighted by Gasteiger charge is -2.40. The molecule has 3 heterocycles. The van der Waals surface area contributed by atoms with Gasteiger partial charge in [0, 0.05) is 37.8 Å². The van der Waals surface area contributed by atoms with E-state index in [0.717, 1.165) is 49.4 Å². The Labute approximate surface area is 160 Å². The van der Waals surface area contributed by atoms with Gasteiger partial charge in [0.1, 0.15) is 0 Å². The van der Waals surface area contributed by atoms with Gasteiger partial charge in [-0.2, -0.15) is 5.10 Å². The maximum absolute atomic E-state index is 12.5. The van der Waals surface area contributed by atoms with E-state index < -0.39 is 0 Å². The van der Waals surface area contributed by atoms with Crippen LogP contribution < -0.4 is 9.47 Å². The van der Waals surface area contributed by atoms with Crippen molar-refractivity contribution < 1.29 is 14.3 Å². The number of carbonyl (C=O) groups is 1. The summed E-state index contributed by atoms with van der Waals surface area (Å²) >= 11 is 0. The largest absolute Gasteiger partial charge is 0.454 e. The maximum atomic E-state index is 12.5. The van der Waals surface area contributed by atoms with Crippen molar-refractivity contribution in [3.05, 3.63) is 41.7 Å². The lowest BCUT2D eigenvalue weighted by Crippen LogP contribution is -2.45. The van der Waals surface area contributed by atoms with Crippen molar-refractivity contribution in [3.63, 3.8) is 0 Å². The van der Waals surface area contributed by atoms with Crippen LogP contribution in [0.3, 0.4) is 0 Å². The number of aromatic nitrogens is 2. The molecule has 1 atom stereocenters. The van der Waals surface area contributed by atoms with Crippen LogP contribution >= 0.6 is 0 Å². The van der Waals surface area contributed by atoms with E-state index in [1.165, 1.54) is 5.56 Å². The number of aryl methyl sites for hydroxylation is 1. The average Bonchev–Trinajstić information content (AvgIpc) is 3.27. The van der Waals surface area contributed by atoms with Gasteiger partial charge in [-0.25, -0.2) is 0 Å². The summed E-state index contributed by atoms with van der Waals surface area (Å²) in [6.45, 7) is 7.02. The highest BCUT2D eigenvalue weighted by Crippen LogP contribution is 2.38. The fourth-order valence-corrected chi connectivity index (χ4v) is 4.09. The normalized spacial score (nSPS) is 21.7. The second kappa shape index (κ2) is 7.25. The molecule has 2 aromatic rings. The number of amides is 1. The lowest BCUT2D eigenvalue weighted by molar-refractivity contribution is -0.137. The van der Waals surface area contributed by atoms with E-state index in [9.17, 15) is 4.79 Å². The number of carbonyl (C=O) groups excluding carboxylic acids is 1. The van der Waals surface area contributed by atoms with Crippen molar-refractivity contribution in [2.45, 2.75) is 52.6 Å². The number of nitrogens with zero attached hydrogens (tertiary/aromatic N) is 3. The molecule has 1 aromatic carbocycles. The Hall–Kier alpha value is -2.50. The second-order valence-corrected chi connectivity index (χ2v) is 8.04. The molecule has 0 saturated carbocycles. The molecule has 4 rings (SSSR count). The minimum Gasteiger partial charge on any atom is -0.454 e. The Morgan fingerprint density at radius 3 is 2.93 bits per heavy atom. The Kier molecular flexibility index (Phi) is 4.81. The first kappa shape index (κ1) is 17.9. The van der Waals surface area contributed by atoms with Gasteiger partial charge >= 0.3 is 0 Å². The van der Waals surface area contributed by atoms with E-state index >= 15 is 0 Å². The number of piperidine rings is 1. The van der Waals surface area contributed by atoms with Crippen LogP contribution in [0.25, 0.3) is 0 Å². The number of hydrogen-bond donors (Lipinski definition) is 0. The van der Waals surface area contributed by atoms with Gasteiger partial charge < -0.3 is 14.4 Å². The fourth-order valence-electron chi connectivity index (χ4n) is 4.09. The summed E-state index contributed by atoms with van der Waals surface area (Å²) in [5, 5.41) is 4.39. The summed E-state index contributed by atoms with van der Waals surface area (Å²) < 4.78 is 12.9. The van der Waals surface area contributed by atoms with Crippen LogP contribution in [0.5, 0.6) is 11.5 Å². The van der Waals surface area contributed by atoms with Crippen LogP contribution in [0.15, 0.2) is 30.6 Å². The smallest absolute Gasteiger partial charge is 0.231 e. The summed E-state index contributed by atoms with van der Waals surface area (Å²) in [6, 6.07) is 6.16. The van der Waals surface area contributed by atoms with Gasteiger partial charge in [0.25, 0.3) is 0 Å². The van der Waals surface area contributed by atoms with Crippen LogP contribution in [0, 0.1) is 5.41 Å². The van der Waals surface area contributed by atoms with Crippen molar-refractivity contribution in [2.75, 3.05) is 13.3 Å². The first-order valence-corrected chi connectivity index (χ1v) is 9.72. The maximum Gasteiger partial charge on any atom is 0.231 e. The Balaban J connectivity index is 1.44. The zero-order valence-electron chi connectivity index (χ0n) is 16.1. The number of rotatable bonds is 6. The van der Waals surface area contributed by atoms with Crippen molar-refractivity contribution in [1.82, 2.24) is 14.7 Å². The predicted molar refractivity (Wildman–Crippen MR) is 102 cm³/mol. The van der Waals surface area contributed by atoms with Gasteiger partial charge in [0.05, 0.1) is 6.20 Å². The molecule has 27 heavy (non-hydrogen) atoms. The zero-order chi connectivity index (χ0) is 18.9. The van der Waals surface area contributed by atoms with Crippen molar-refractivity contribution in [2.24, 2.45) is 5.41 Å². The predicted octanol–water partition coefficient (Wildman–Crippen LogP) is 3.39. The van der Waals surface area contributed by atoms with Crippen LogP contribution in [-0.2, 0) is 24.3 Å². The molecule has 144 valence electrons. The van der Waals surface area contributed by atoms with Crippen LogP contribution in [0.1, 0.15) is 44.2 Å². The van der Waals surface area contributed by atoms with Gasteiger partial charge in [-0.15, -0.1) is 0 Å². The number of likely N-dealkylation sites (tertiary alicyclic amines) is 1. The third kappa shape index (κ3) is 3.94. The first-order chi connectivity index (χ1) is 13.0. The highest BCUT2D eigenvalue weighted by Gasteiger charge is 2.35. The van der Waals surface area contributed by atoms with Crippen LogP contribution in [0.2, 0.25) is 0 Å². The van der Waals surface area contributed by atoms with Gasteiger partial charge in [0.2, 0.25) is 12.7 Å². The van der Waals surface area contributed by atoms with Crippen LogP contribution in [0.4, 0.5) is 0 Å². The molecule has 6 heteroatoms. The first-order valence-electron chi connectivity index (χ1n) is 9.72. The third-order valence-corrected chi connectivity index (χ3v) is 5.45. The second-order valence-electron chi connectivity index (χ2n) is 8.04. The van der Waals surface area contributed by atoms with E-state index in [0.29, 0.717) is 19.8 Å². The molecule has 0 aliphatic carbocycles. The molecule has 0 N–H and O–H groups in total. The summed E-state index contributed by atoms with van der Waals surface area (Å²) in [5.41, 5.74) is 2.39. The minimum absolute atomic E-state index is 0.0566. The highest BCUT2D eigenvalue weighted by atomic mass is 16.7. The van der Waals surface area contributed by atoms with E-state index in [2.05, 4.69) is 37.3 Å². The van der Waals surface area contributed by atoms with Crippen molar-refractivity contribution >= 4 is 5.91 Å². The fraction of sp³-hybridized carbons (Fsp3) is 0.524. The number of hydrogen-bond acceptors (Lipinski definition) is 4. The standard InChI is InChI=1S/C21H27N3O3/c1-3-8-24-13-17(11-22-24)12-23-14-21(2,7-6-20(23)25)10-16-4-5-18-19(9-16)27-15-26-18/h4-5,9,11,13H,3,6-8,10,12,14-15H2,1-2H3/t21-/m0/s1. The van der Waals surface area contributed by atoms with Gasteiger partial charge in [-0.3, -0.25) is 9.48 Å².